The molecule has 2 atom stereocenters. The summed E-state index contributed by atoms with van der Waals surface area (Å²) in [6.07, 6.45) is 3.20. The van der Waals surface area contributed by atoms with Gasteiger partial charge in [0.1, 0.15) is 17.6 Å². The Labute approximate surface area is 148 Å². The number of aryl methyl sites for hydroxylation is 2. The molecule has 0 saturated carbocycles. The van der Waals surface area contributed by atoms with Crippen LogP contribution in [0.2, 0.25) is 0 Å². The van der Waals surface area contributed by atoms with Crippen LogP contribution in [-0.4, -0.2) is 35.1 Å². The first kappa shape index (κ1) is 17.5. The minimum Gasteiger partial charge on any atom is -0.483 e. The number of benzene rings is 1. The summed E-state index contributed by atoms with van der Waals surface area (Å²) < 4.78 is 11.0. The average Bonchev–Trinajstić information content (AvgIpc) is 3.25. The van der Waals surface area contributed by atoms with Crippen LogP contribution in [0.5, 0.6) is 5.75 Å². The Kier molecular flexibility index (Phi) is 5.43. The van der Waals surface area contributed by atoms with Gasteiger partial charge in [0.25, 0.3) is 5.91 Å². The molecule has 1 N–H and O–H groups in total. The second-order valence-corrected chi connectivity index (χ2v) is 6.66. The number of likely N-dealkylation sites (tertiary alicyclic amines) is 1. The quantitative estimate of drug-likeness (QED) is 0.873. The van der Waals surface area contributed by atoms with Crippen molar-refractivity contribution in [3.63, 3.8) is 0 Å². The van der Waals surface area contributed by atoms with E-state index in [1.807, 2.05) is 36.9 Å². The average molecular weight is 343 g/mol. The number of carbonyl (C=O) groups is 1. The maximum atomic E-state index is 12.6. The maximum absolute atomic E-state index is 12.6. The number of ether oxygens (including phenoxy) is 1. The molecule has 1 aliphatic heterocycles. The van der Waals surface area contributed by atoms with Crippen molar-refractivity contribution < 1.29 is 19.1 Å². The largest absolute Gasteiger partial charge is 0.483 e. The van der Waals surface area contributed by atoms with E-state index in [9.17, 15) is 9.90 Å². The number of hydrogen-bond acceptors (Lipinski definition) is 4. The molecule has 1 saturated heterocycles. The summed E-state index contributed by atoms with van der Waals surface area (Å²) in [6.45, 7) is 4.69. The standard InChI is InChI=1S/C20H25NO4/c1-14-6-3-7-15(2)20(14)25-13-19(23)21-10-4-8-16(21)12-17(22)18-9-5-11-24-18/h3,5-7,9,11,16-17,22H,4,8,10,12-13H2,1-2H3. The predicted octanol–water partition coefficient (Wildman–Crippen LogP) is 3.39. The normalized spacial score (nSPS) is 18.4. The number of aliphatic hydroxyl groups excluding tert-OH is 1. The Bertz CT molecular complexity index is 690. The van der Waals surface area contributed by atoms with Gasteiger partial charge in [-0.3, -0.25) is 4.79 Å². The van der Waals surface area contributed by atoms with E-state index in [1.165, 1.54) is 0 Å². The van der Waals surface area contributed by atoms with E-state index in [-0.39, 0.29) is 18.6 Å². The maximum Gasteiger partial charge on any atom is 0.260 e. The van der Waals surface area contributed by atoms with Gasteiger partial charge in [0, 0.05) is 19.0 Å². The second-order valence-electron chi connectivity index (χ2n) is 6.66. The minimum atomic E-state index is -0.687. The van der Waals surface area contributed by atoms with Crippen molar-refractivity contribution in [1.29, 1.82) is 0 Å². The minimum absolute atomic E-state index is 0.0224. The lowest BCUT2D eigenvalue weighted by Gasteiger charge is -2.26. The zero-order chi connectivity index (χ0) is 17.8. The van der Waals surface area contributed by atoms with E-state index >= 15 is 0 Å². The third-order valence-corrected chi connectivity index (χ3v) is 4.81. The third kappa shape index (κ3) is 4.04. The topological polar surface area (TPSA) is 62.9 Å². The number of amides is 1. The highest BCUT2D eigenvalue weighted by Crippen LogP contribution is 2.28. The van der Waals surface area contributed by atoms with Gasteiger partial charge in [0.2, 0.25) is 0 Å². The molecule has 1 amide bonds. The molecule has 5 nitrogen and oxygen atoms in total. The summed E-state index contributed by atoms with van der Waals surface area (Å²) in [5, 5.41) is 10.3. The van der Waals surface area contributed by atoms with E-state index in [4.69, 9.17) is 9.15 Å². The van der Waals surface area contributed by atoms with E-state index < -0.39 is 6.10 Å². The number of hydrogen-bond donors (Lipinski definition) is 1. The van der Waals surface area contributed by atoms with Crippen LogP contribution in [0.1, 0.15) is 42.3 Å². The molecule has 0 radical (unpaired) electrons. The lowest BCUT2D eigenvalue weighted by Crippen LogP contribution is -2.39. The third-order valence-electron chi connectivity index (χ3n) is 4.81. The van der Waals surface area contributed by atoms with Gasteiger partial charge in [0.05, 0.1) is 6.26 Å². The second kappa shape index (κ2) is 7.74. The molecule has 1 aromatic heterocycles. The van der Waals surface area contributed by atoms with Crippen LogP contribution in [0.4, 0.5) is 0 Å². The molecule has 1 fully saturated rings. The molecular weight excluding hydrogens is 318 g/mol. The smallest absolute Gasteiger partial charge is 0.260 e. The molecule has 134 valence electrons. The molecule has 1 aromatic carbocycles. The van der Waals surface area contributed by atoms with Gasteiger partial charge in [-0.15, -0.1) is 0 Å². The van der Waals surface area contributed by atoms with Crippen molar-refractivity contribution in [2.45, 2.75) is 45.3 Å². The van der Waals surface area contributed by atoms with Crippen LogP contribution < -0.4 is 4.74 Å². The van der Waals surface area contributed by atoms with Gasteiger partial charge >= 0.3 is 0 Å². The summed E-state index contributed by atoms with van der Waals surface area (Å²) >= 11 is 0. The van der Waals surface area contributed by atoms with Crippen LogP contribution in [0, 0.1) is 13.8 Å². The molecule has 25 heavy (non-hydrogen) atoms. The van der Waals surface area contributed by atoms with Crippen molar-refractivity contribution in [1.82, 2.24) is 4.90 Å². The van der Waals surface area contributed by atoms with Gasteiger partial charge in [0.15, 0.2) is 6.61 Å². The fourth-order valence-electron chi connectivity index (χ4n) is 3.51. The number of rotatable bonds is 6. The fourth-order valence-corrected chi connectivity index (χ4v) is 3.51. The molecule has 0 spiro atoms. The Morgan fingerprint density at radius 1 is 1.32 bits per heavy atom. The van der Waals surface area contributed by atoms with Crippen molar-refractivity contribution in [2.75, 3.05) is 13.2 Å². The van der Waals surface area contributed by atoms with Crippen LogP contribution in [-0.2, 0) is 4.79 Å². The van der Waals surface area contributed by atoms with Gasteiger partial charge in [-0.25, -0.2) is 0 Å². The van der Waals surface area contributed by atoms with Crippen LogP contribution in [0.15, 0.2) is 41.0 Å². The van der Waals surface area contributed by atoms with Crippen molar-refractivity contribution in [3.05, 3.63) is 53.5 Å². The number of aliphatic hydroxyl groups is 1. The number of furan rings is 1. The zero-order valence-corrected chi connectivity index (χ0v) is 14.8. The SMILES string of the molecule is Cc1cccc(C)c1OCC(=O)N1CCCC1CC(O)c1ccco1. The lowest BCUT2D eigenvalue weighted by atomic mass is 10.1. The Balaban J connectivity index is 1.59. The van der Waals surface area contributed by atoms with Gasteiger partial charge in [-0.05, 0) is 49.9 Å². The van der Waals surface area contributed by atoms with E-state index in [0.29, 0.717) is 18.7 Å². The lowest BCUT2D eigenvalue weighted by molar-refractivity contribution is -0.134. The molecule has 2 aromatic rings. The van der Waals surface area contributed by atoms with Gasteiger partial charge in [-0.1, -0.05) is 18.2 Å². The first-order valence-corrected chi connectivity index (χ1v) is 8.76. The first-order valence-electron chi connectivity index (χ1n) is 8.76. The monoisotopic (exact) mass is 343 g/mol. The van der Waals surface area contributed by atoms with Crippen molar-refractivity contribution >= 4 is 5.91 Å². The highest BCUT2D eigenvalue weighted by Gasteiger charge is 2.31. The summed E-state index contributed by atoms with van der Waals surface area (Å²) in [4.78, 5) is 14.4. The Morgan fingerprint density at radius 3 is 2.76 bits per heavy atom. The highest BCUT2D eigenvalue weighted by atomic mass is 16.5. The predicted molar refractivity (Wildman–Crippen MR) is 94.4 cm³/mol. The fraction of sp³-hybridized carbons (Fsp3) is 0.450. The molecule has 3 rings (SSSR count). The van der Waals surface area contributed by atoms with Crippen LogP contribution in [0.25, 0.3) is 0 Å². The van der Waals surface area contributed by atoms with Crippen molar-refractivity contribution in [2.24, 2.45) is 0 Å². The van der Waals surface area contributed by atoms with E-state index in [2.05, 4.69) is 0 Å². The molecule has 2 heterocycles. The summed E-state index contributed by atoms with van der Waals surface area (Å²) in [5.41, 5.74) is 2.05. The Morgan fingerprint density at radius 2 is 2.08 bits per heavy atom. The highest BCUT2D eigenvalue weighted by molar-refractivity contribution is 5.78. The van der Waals surface area contributed by atoms with E-state index in [0.717, 1.165) is 29.7 Å². The summed E-state index contributed by atoms with van der Waals surface area (Å²) in [6, 6.07) is 9.47. The number of nitrogens with zero attached hydrogens (tertiary/aromatic N) is 1. The molecule has 1 aliphatic rings. The van der Waals surface area contributed by atoms with Crippen LogP contribution in [0.3, 0.4) is 0 Å². The zero-order valence-electron chi connectivity index (χ0n) is 14.8. The molecular formula is C20H25NO4. The summed E-state index contributed by atoms with van der Waals surface area (Å²) in [7, 11) is 0. The Hall–Kier alpha value is -2.27. The summed E-state index contributed by atoms with van der Waals surface area (Å²) in [5.74, 6) is 1.30. The first-order chi connectivity index (χ1) is 12.1. The van der Waals surface area contributed by atoms with Gasteiger partial charge < -0.3 is 19.2 Å². The number of para-hydroxylation sites is 1. The van der Waals surface area contributed by atoms with E-state index in [1.54, 1.807) is 18.4 Å². The van der Waals surface area contributed by atoms with Crippen molar-refractivity contribution in [3.8, 4) is 5.75 Å². The van der Waals surface area contributed by atoms with Gasteiger partial charge in [-0.2, -0.15) is 0 Å². The molecule has 5 heteroatoms. The number of carbonyl (C=O) groups excluding carboxylic acids is 1. The van der Waals surface area contributed by atoms with Crippen LogP contribution >= 0.6 is 0 Å². The molecule has 0 aliphatic carbocycles. The molecule has 2 unspecified atom stereocenters. The molecule has 0 bridgehead atoms.